The summed E-state index contributed by atoms with van der Waals surface area (Å²) in [5.41, 5.74) is 1.86. The van der Waals surface area contributed by atoms with Crippen LogP contribution >= 0.6 is 35.0 Å². The predicted octanol–water partition coefficient (Wildman–Crippen LogP) is 6.50. The third-order valence-corrected chi connectivity index (χ3v) is 6.86. The number of carbonyl (C=O) groups is 2. The van der Waals surface area contributed by atoms with E-state index in [-0.39, 0.29) is 24.1 Å². The van der Waals surface area contributed by atoms with Gasteiger partial charge in [-0.15, -0.1) is 11.8 Å². The van der Waals surface area contributed by atoms with E-state index in [1.165, 1.54) is 11.8 Å². The Morgan fingerprint density at radius 1 is 0.886 bits per heavy atom. The minimum absolute atomic E-state index is 0.120. The summed E-state index contributed by atoms with van der Waals surface area (Å²) in [7, 11) is 0. The van der Waals surface area contributed by atoms with Crippen LogP contribution in [0.1, 0.15) is 25.0 Å². The standard InChI is InChI=1S/C28H30Cl2N2O2S/c1-20(2)17-31-28(34)26(16-21-7-4-3-5-8-21)32(18-22-9-6-10-24(30)15-22)27(33)19-35-25-13-11-23(29)12-14-25/h3-15,20,26H,16-19H2,1-2H3,(H,31,34)/t26-/m1/s1. The van der Waals surface area contributed by atoms with Crippen molar-refractivity contribution in [3.63, 3.8) is 0 Å². The lowest BCUT2D eigenvalue weighted by Crippen LogP contribution is -2.51. The maximum atomic E-state index is 13.6. The Morgan fingerprint density at radius 2 is 1.57 bits per heavy atom. The van der Waals surface area contributed by atoms with Crippen molar-refractivity contribution in [3.8, 4) is 0 Å². The van der Waals surface area contributed by atoms with Gasteiger partial charge in [0.2, 0.25) is 11.8 Å². The number of thioether (sulfide) groups is 1. The molecular formula is C28H30Cl2N2O2S. The van der Waals surface area contributed by atoms with Crippen molar-refractivity contribution in [1.82, 2.24) is 10.2 Å². The maximum Gasteiger partial charge on any atom is 0.243 e. The zero-order valence-electron chi connectivity index (χ0n) is 19.9. The molecule has 4 nitrogen and oxygen atoms in total. The van der Waals surface area contributed by atoms with Gasteiger partial charge in [0.25, 0.3) is 0 Å². The van der Waals surface area contributed by atoms with Gasteiger partial charge < -0.3 is 10.2 Å². The number of hydrogen-bond donors (Lipinski definition) is 1. The van der Waals surface area contributed by atoms with Gasteiger partial charge in [-0.05, 0) is 53.4 Å². The van der Waals surface area contributed by atoms with Crippen LogP contribution in [0.15, 0.2) is 83.8 Å². The van der Waals surface area contributed by atoms with Crippen molar-refractivity contribution >= 4 is 46.8 Å². The van der Waals surface area contributed by atoms with E-state index < -0.39 is 6.04 Å². The van der Waals surface area contributed by atoms with Crippen LogP contribution in [0, 0.1) is 5.92 Å². The van der Waals surface area contributed by atoms with E-state index in [0.29, 0.717) is 28.9 Å². The van der Waals surface area contributed by atoms with Gasteiger partial charge in [-0.3, -0.25) is 9.59 Å². The molecule has 0 aromatic heterocycles. The van der Waals surface area contributed by atoms with Crippen LogP contribution in [-0.2, 0) is 22.6 Å². The molecule has 0 fully saturated rings. The highest BCUT2D eigenvalue weighted by Crippen LogP contribution is 2.23. The second kappa shape index (κ2) is 13.6. The van der Waals surface area contributed by atoms with E-state index >= 15 is 0 Å². The summed E-state index contributed by atoms with van der Waals surface area (Å²) >= 11 is 13.6. The highest BCUT2D eigenvalue weighted by molar-refractivity contribution is 8.00. The van der Waals surface area contributed by atoms with Crippen molar-refractivity contribution < 1.29 is 9.59 Å². The normalized spacial score (nSPS) is 11.8. The number of halogens is 2. The van der Waals surface area contributed by atoms with E-state index in [1.807, 2.05) is 74.5 Å². The number of rotatable bonds is 11. The van der Waals surface area contributed by atoms with Crippen LogP contribution in [-0.4, -0.2) is 35.1 Å². The lowest BCUT2D eigenvalue weighted by atomic mass is 10.0. The van der Waals surface area contributed by atoms with Crippen LogP contribution in [0.4, 0.5) is 0 Å². The second-order valence-corrected chi connectivity index (χ2v) is 10.7. The molecule has 0 bridgehead atoms. The molecule has 0 heterocycles. The molecule has 3 aromatic carbocycles. The Morgan fingerprint density at radius 3 is 2.23 bits per heavy atom. The first-order chi connectivity index (χ1) is 16.8. The average Bonchev–Trinajstić information content (AvgIpc) is 2.85. The zero-order chi connectivity index (χ0) is 25.2. The molecule has 0 spiro atoms. The highest BCUT2D eigenvalue weighted by atomic mass is 35.5. The summed E-state index contributed by atoms with van der Waals surface area (Å²) in [5.74, 6) is 0.221. The average molecular weight is 530 g/mol. The molecule has 0 saturated carbocycles. The molecule has 0 aliphatic carbocycles. The van der Waals surface area contributed by atoms with E-state index in [4.69, 9.17) is 23.2 Å². The van der Waals surface area contributed by atoms with Crippen molar-refractivity contribution in [2.45, 2.75) is 37.8 Å². The molecule has 1 N–H and O–H groups in total. The molecule has 0 saturated heterocycles. The molecule has 0 aliphatic rings. The number of benzene rings is 3. The van der Waals surface area contributed by atoms with Gasteiger partial charge >= 0.3 is 0 Å². The van der Waals surface area contributed by atoms with Crippen LogP contribution in [0.5, 0.6) is 0 Å². The summed E-state index contributed by atoms with van der Waals surface area (Å²) in [6.07, 6.45) is 0.419. The lowest BCUT2D eigenvalue weighted by Gasteiger charge is -2.32. The first kappa shape index (κ1) is 27.1. The summed E-state index contributed by atoms with van der Waals surface area (Å²) in [5, 5.41) is 4.27. The van der Waals surface area contributed by atoms with Gasteiger partial charge in [-0.2, -0.15) is 0 Å². The molecule has 1 atom stereocenters. The number of hydrogen-bond acceptors (Lipinski definition) is 3. The van der Waals surface area contributed by atoms with Gasteiger partial charge in [0.15, 0.2) is 0 Å². The molecule has 3 aromatic rings. The highest BCUT2D eigenvalue weighted by Gasteiger charge is 2.30. The first-order valence-electron chi connectivity index (χ1n) is 11.6. The smallest absolute Gasteiger partial charge is 0.243 e. The topological polar surface area (TPSA) is 49.4 Å². The van der Waals surface area contributed by atoms with Crippen LogP contribution in [0.3, 0.4) is 0 Å². The van der Waals surface area contributed by atoms with Crippen LogP contribution in [0.25, 0.3) is 0 Å². The lowest BCUT2D eigenvalue weighted by molar-refractivity contribution is -0.139. The van der Waals surface area contributed by atoms with Gasteiger partial charge in [-0.25, -0.2) is 0 Å². The van der Waals surface area contributed by atoms with Gasteiger partial charge in [0, 0.05) is 34.5 Å². The minimum Gasteiger partial charge on any atom is -0.354 e. The first-order valence-corrected chi connectivity index (χ1v) is 13.3. The molecule has 184 valence electrons. The second-order valence-electron chi connectivity index (χ2n) is 8.74. The molecular weight excluding hydrogens is 499 g/mol. The van der Waals surface area contributed by atoms with Crippen molar-refractivity contribution in [3.05, 3.63) is 100 Å². The van der Waals surface area contributed by atoms with E-state index in [9.17, 15) is 9.59 Å². The third-order valence-electron chi connectivity index (χ3n) is 5.37. The fraction of sp³-hybridized carbons (Fsp3) is 0.286. The van der Waals surface area contributed by atoms with Crippen molar-refractivity contribution in [2.75, 3.05) is 12.3 Å². The van der Waals surface area contributed by atoms with Gasteiger partial charge in [-0.1, -0.05) is 79.5 Å². The molecule has 0 radical (unpaired) electrons. The Kier molecular flexibility index (Phi) is 10.5. The zero-order valence-corrected chi connectivity index (χ0v) is 22.2. The Labute approximate surface area is 222 Å². The molecule has 2 amide bonds. The third kappa shape index (κ3) is 8.92. The number of carbonyl (C=O) groups excluding carboxylic acids is 2. The van der Waals surface area contributed by atoms with Crippen molar-refractivity contribution in [2.24, 2.45) is 5.92 Å². The number of nitrogens with one attached hydrogen (secondary N) is 1. The molecule has 0 unspecified atom stereocenters. The van der Waals surface area contributed by atoms with Gasteiger partial charge in [0.1, 0.15) is 6.04 Å². The number of nitrogens with zero attached hydrogens (tertiary/aromatic N) is 1. The van der Waals surface area contributed by atoms with Crippen LogP contribution in [0.2, 0.25) is 10.0 Å². The fourth-order valence-electron chi connectivity index (χ4n) is 3.57. The molecule has 3 rings (SSSR count). The SMILES string of the molecule is CC(C)CNC(=O)[C@@H](Cc1ccccc1)N(Cc1cccc(Cl)c1)C(=O)CSc1ccc(Cl)cc1. The number of amides is 2. The molecule has 35 heavy (non-hydrogen) atoms. The largest absolute Gasteiger partial charge is 0.354 e. The Hall–Kier alpha value is -2.47. The molecule has 0 aliphatic heterocycles. The summed E-state index contributed by atoms with van der Waals surface area (Å²) < 4.78 is 0. The monoisotopic (exact) mass is 528 g/mol. The van der Waals surface area contributed by atoms with E-state index in [2.05, 4.69) is 5.32 Å². The quantitative estimate of drug-likeness (QED) is 0.289. The fourth-order valence-corrected chi connectivity index (χ4v) is 4.69. The Bertz CT molecular complexity index is 1110. The van der Waals surface area contributed by atoms with E-state index in [1.54, 1.807) is 23.1 Å². The Balaban J connectivity index is 1.89. The summed E-state index contributed by atoms with van der Waals surface area (Å²) in [6.45, 7) is 4.92. The minimum atomic E-state index is -0.659. The summed E-state index contributed by atoms with van der Waals surface area (Å²) in [4.78, 5) is 29.6. The van der Waals surface area contributed by atoms with Crippen molar-refractivity contribution in [1.29, 1.82) is 0 Å². The van der Waals surface area contributed by atoms with Crippen LogP contribution < -0.4 is 5.32 Å². The summed E-state index contributed by atoms with van der Waals surface area (Å²) in [6, 6.07) is 23.9. The maximum absolute atomic E-state index is 13.6. The van der Waals surface area contributed by atoms with E-state index in [0.717, 1.165) is 16.0 Å². The molecule has 7 heteroatoms. The predicted molar refractivity (Wildman–Crippen MR) is 146 cm³/mol. The van der Waals surface area contributed by atoms with Gasteiger partial charge in [0.05, 0.1) is 5.75 Å².